The van der Waals surface area contributed by atoms with Crippen LogP contribution < -0.4 is 10.6 Å². The number of aliphatic imine (C=N–C) groups is 1. The van der Waals surface area contributed by atoms with Crippen LogP contribution in [0.5, 0.6) is 0 Å². The summed E-state index contributed by atoms with van der Waals surface area (Å²) in [6, 6.07) is 0.556. The Bertz CT molecular complexity index is 260. The van der Waals surface area contributed by atoms with Gasteiger partial charge >= 0.3 is 0 Å². The first kappa shape index (κ1) is 18.7. The number of hydrogen-bond acceptors (Lipinski definition) is 2. The maximum atomic E-state index is 4.44. The second-order valence-electron chi connectivity index (χ2n) is 4.77. The first-order valence-corrected chi connectivity index (χ1v) is 7.18. The summed E-state index contributed by atoms with van der Waals surface area (Å²) in [7, 11) is 0. The van der Waals surface area contributed by atoms with E-state index in [1.807, 2.05) is 6.08 Å². The van der Waals surface area contributed by atoms with Crippen LogP contribution in [0.1, 0.15) is 33.1 Å². The summed E-state index contributed by atoms with van der Waals surface area (Å²) in [6.45, 7) is 13.2. The topological polar surface area (TPSA) is 39.7 Å². The van der Waals surface area contributed by atoms with Gasteiger partial charge in [-0.3, -0.25) is 0 Å². The van der Waals surface area contributed by atoms with Gasteiger partial charge < -0.3 is 15.5 Å². The van der Waals surface area contributed by atoms with E-state index in [-0.39, 0.29) is 24.0 Å². The molecule has 0 unspecified atom stereocenters. The Balaban J connectivity index is 0.00000324. The number of hydrogen-bond donors (Lipinski definition) is 2. The van der Waals surface area contributed by atoms with Crippen LogP contribution in [0.15, 0.2) is 17.6 Å². The van der Waals surface area contributed by atoms with E-state index in [9.17, 15) is 0 Å². The van der Waals surface area contributed by atoms with Gasteiger partial charge in [0.2, 0.25) is 0 Å². The minimum atomic E-state index is 0. The van der Waals surface area contributed by atoms with Gasteiger partial charge in [-0.05, 0) is 32.7 Å². The predicted octanol–water partition coefficient (Wildman–Crippen LogP) is 2.22. The van der Waals surface area contributed by atoms with Gasteiger partial charge in [-0.15, -0.1) is 30.6 Å². The molecule has 0 bridgehead atoms. The van der Waals surface area contributed by atoms with Gasteiger partial charge in [0.15, 0.2) is 5.96 Å². The minimum absolute atomic E-state index is 0. The first-order valence-electron chi connectivity index (χ1n) is 7.18. The zero-order chi connectivity index (χ0) is 13.2. The molecule has 1 saturated heterocycles. The van der Waals surface area contributed by atoms with Gasteiger partial charge in [0.05, 0.1) is 6.54 Å². The van der Waals surface area contributed by atoms with E-state index in [0.29, 0.717) is 12.6 Å². The molecule has 5 heteroatoms. The fraction of sp³-hybridized carbons (Fsp3) is 0.786. The minimum Gasteiger partial charge on any atom is -0.357 e. The molecule has 1 rings (SSSR count). The van der Waals surface area contributed by atoms with Crippen molar-refractivity contribution in [1.29, 1.82) is 0 Å². The van der Waals surface area contributed by atoms with Crippen molar-refractivity contribution in [1.82, 2.24) is 15.5 Å². The third-order valence-corrected chi connectivity index (χ3v) is 3.19. The maximum absolute atomic E-state index is 4.44. The number of nitrogens with zero attached hydrogens (tertiary/aromatic N) is 2. The molecule has 1 heterocycles. The summed E-state index contributed by atoms with van der Waals surface area (Å²) in [5.74, 6) is 0.923. The Morgan fingerprint density at radius 1 is 1.37 bits per heavy atom. The van der Waals surface area contributed by atoms with E-state index in [0.717, 1.165) is 12.5 Å². The summed E-state index contributed by atoms with van der Waals surface area (Å²) in [5.41, 5.74) is 0. The Morgan fingerprint density at radius 2 is 2.05 bits per heavy atom. The molecule has 0 aromatic rings. The van der Waals surface area contributed by atoms with Crippen molar-refractivity contribution >= 4 is 29.9 Å². The summed E-state index contributed by atoms with van der Waals surface area (Å²) in [5, 5.41) is 6.80. The molecule has 0 amide bonds. The highest BCUT2D eigenvalue weighted by molar-refractivity contribution is 14.0. The van der Waals surface area contributed by atoms with E-state index in [1.165, 1.54) is 38.9 Å². The first-order chi connectivity index (χ1) is 8.80. The number of nitrogens with one attached hydrogen (secondary N) is 2. The molecule has 112 valence electrons. The van der Waals surface area contributed by atoms with E-state index in [1.54, 1.807) is 0 Å². The van der Waals surface area contributed by atoms with Crippen LogP contribution in [-0.2, 0) is 0 Å². The van der Waals surface area contributed by atoms with E-state index >= 15 is 0 Å². The Labute approximate surface area is 135 Å². The molecule has 0 radical (unpaired) electrons. The standard InChI is InChI=1S/C14H28N4.HI/c1-4-9-16-14(15-6-3)17-13-7-11-18(10-5-2)12-8-13;/h4,13H,1,5-12H2,2-3H3,(H2,15,16,17);1H. The summed E-state index contributed by atoms with van der Waals surface area (Å²) >= 11 is 0. The fourth-order valence-electron chi connectivity index (χ4n) is 2.29. The summed E-state index contributed by atoms with van der Waals surface area (Å²) in [6.07, 6.45) is 5.49. The van der Waals surface area contributed by atoms with Gasteiger partial charge in [-0.25, -0.2) is 4.99 Å². The van der Waals surface area contributed by atoms with Gasteiger partial charge in [-0.1, -0.05) is 13.0 Å². The Morgan fingerprint density at radius 3 is 2.58 bits per heavy atom. The molecule has 1 aliphatic heterocycles. The molecular formula is C14H29IN4. The molecule has 1 aliphatic rings. The Kier molecular flexibility index (Phi) is 11.3. The van der Waals surface area contributed by atoms with Crippen molar-refractivity contribution < 1.29 is 0 Å². The van der Waals surface area contributed by atoms with Crippen LogP contribution in [0.2, 0.25) is 0 Å². The van der Waals surface area contributed by atoms with E-state index in [4.69, 9.17) is 0 Å². The lowest BCUT2D eigenvalue weighted by Gasteiger charge is -2.32. The Hall–Kier alpha value is -0.300. The second kappa shape index (κ2) is 11.5. The molecule has 2 N–H and O–H groups in total. The van der Waals surface area contributed by atoms with Crippen molar-refractivity contribution in [3.8, 4) is 0 Å². The molecular weight excluding hydrogens is 351 g/mol. The summed E-state index contributed by atoms with van der Waals surface area (Å²) < 4.78 is 0. The lowest BCUT2D eigenvalue weighted by molar-refractivity contribution is 0.206. The highest BCUT2D eigenvalue weighted by Crippen LogP contribution is 2.10. The maximum Gasteiger partial charge on any atom is 0.191 e. The number of piperidine rings is 1. The molecule has 0 aliphatic carbocycles. The van der Waals surface area contributed by atoms with Crippen molar-refractivity contribution in [3.63, 3.8) is 0 Å². The zero-order valence-corrected chi connectivity index (χ0v) is 14.7. The molecule has 4 nitrogen and oxygen atoms in total. The van der Waals surface area contributed by atoms with Crippen molar-refractivity contribution in [2.24, 2.45) is 4.99 Å². The van der Waals surface area contributed by atoms with Crippen molar-refractivity contribution in [3.05, 3.63) is 12.7 Å². The summed E-state index contributed by atoms with van der Waals surface area (Å²) in [4.78, 5) is 6.99. The average Bonchev–Trinajstić information content (AvgIpc) is 2.39. The number of rotatable bonds is 6. The lowest BCUT2D eigenvalue weighted by atomic mass is 10.1. The van der Waals surface area contributed by atoms with Gasteiger partial charge in [0.25, 0.3) is 0 Å². The van der Waals surface area contributed by atoms with Gasteiger partial charge in [-0.2, -0.15) is 0 Å². The van der Waals surface area contributed by atoms with Crippen LogP contribution in [0.25, 0.3) is 0 Å². The normalized spacial score (nSPS) is 17.7. The average molecular weight is 380 g/mol. The van der Waals surface area contributed by atoms with Crippen LogP contribution in [-0.4, -0.2) is 49.6 Å². The number of guanidine groups is 1. The van der Waals surface area contributed by atoms with Crippen LogP contribution in [0, 0.1) is 0 Å². The van der Waals surface area contributed by atoms with Crippen LogP contribution >= 0.6 is 24.0 Å². The molecule has 0 saturated carbocycles. The van der Waals surface area contributed by atoms with E-state index < -0.39 is 0 Å². The largest absolute Gasteiger partial charge is 0.357 e. The lowest BCUT2D eigenvalue weighted by Crippen LogP contribution is -2.48. The molecule has 0 aromatic heterocycles. The number of halogens is 1. The highest BCUT2D eigenvalue weighted by Gasteiger charge is 2.18. The highest BCUT2D eigenvalue weighted by atomic mass is 127. The van der Waals surface area contributed by atoms with Crippen LogP contribution in [0.3, 0.4) is 0 Å². The smallest absolute Gasteiger partial charge is 0.191 e. The number of likely N-dealkylation sites (tertiary alicyclic amines) is 1. The zero-order valence-electron chi connectivity index (χ0n) is 12.3. The van der Waals surface area contributed by atoms with Crippen molar-refractivity contribution in [2.45, 2.75) is 39.2 Å². The quantitative estimate of drug-likeness (QED) is 0.321. The third-order valence-electron chi connectivity index (χ3n) is 3.19. The predicted molar refractivity (Wildman–Crippen MR) is 94.5 cm³/mol. The third kappa shape index (κ3) is 7.77. The van der Waals surface area contributed by atoms with Crippen LogP contribution in [0.4, 0.5) is 0 Å². The molecule has 19 heavy (non-hydrogen) atoms. The van der Waals surface area contributed by atoms with Gasteiger partial charge in [0.1, 0.15) is 0 Å². The van der Waals surface area contributed by atoms with Gasteiger partial charge in [0, 0.05) is 25.7 Å². The second-order valence-corrected chi connectivity index (χ2v) is 4.77. The molecule has 1 fully saturated rings. The van der Waals surface area contributed by atoms with E-state index in [2.05, 4.69) is 41.0 Å². The molecule has 0 aromatic carbocycles. The SMILES string of the molecule is C=CCN=C(NCC)NC1CCN(CCC)CC1.I. The van der Waals surface area contributed by atoms with Crippen molar-refractivity contribution in [2.75, 3.05) is 32.7 Å². The molecule has 0 atom stereocenters. The fourth-order valence-corrected chi connectivity index (χ4v) is 2.29. The molecule has 0 spiro atoms. The monoisotopic (exact) mass is 380 g/mol.